The zero-order valence-corrected chi connectivity index (χ0v) is 12.7. The highest BCUT2D eigenvalue weighted by molar-refractivity contribution is 7.99. The molecule has 0 bridgehead atoms. The van der Waals surface area contributed by atoms with E-state index in [4.69, 9.17) is 4.42 Å². The standard InChI is InChI=1S/C15H22N2OS/c1-4-7-11(2)16-10-12(3)19-15-17-13-8-5-6-9-14(13)18-15/h5-6,8-9,11-12,16H,4,7,10H2,1-3H3. The van der Waals surface area contributed by atoms with Crippen molar-refractivity contribution in [3.8, 4) is 0 Å². The molecule has 0 amide bonds. The number of rotatable bonds is 7. The number of para-hydroxylation sites is 2. The van der Waals surface area contributed by atoms with Crippen molar-refractivity contribution in [2.75, 3.05) is 6.54 Å². The van der Waals surface area contributed by atoms with Crippen LogP contribution in [0, 0.1) is 0 Å². The molecule has 1 heterocycles. The molecule has 2 aromatic rings. The van der Waals surface area contributed by atoms with Crippen LogP contribution >= 0.6 is 11.8 Å². The van der Waals surface area contributed by atoms with E-state index >= 15 is 0 Å². The first-order valence-electron chi connectivity index (χ1n) is 6.94. The van der Waals surface area contributed by atoms with Gasteiger partial charge in [0.1, 0.15) is 5.52 Å². The lowest BCUT2D eigenvalue weighted by Crippen LogP contribution is -2.31. The van der Waals surface area contributed by atoms with Crippen molar-refractivity contribution < 1.29 is 4.42 Å². The van der Waals surface area contributed by atoms with E-state index < -0.39 is 0 Å². The summed E-state index contributed by atoms with van der Waals surface area (Å²) in [5.41, 5.74) is 1.80. The molecule has 0 fully saturated rings. The minimum atomic E-state index is 0.451. The molecule has 2 atom stereocenters. The summed E-state index contributed by atoms with van der Waals surface area (Å²) >= 11 is 1.69. The molecule has 2 rings (SSSR count). The third kappa shape index (κ3) is 4.25. The third-order valence-electron chi connectivity index (χ3n) is 3.05. The molecule has 0 saturated carbocycles. The highest BCUT2D eigenvalue weighted by atomic mass is 32.2. The van der Waals surface area contributed by atoms with Gasteiger partial charge in [-0.1, -0.05) is 44.2 Å². The van der Waals surface area contributed by atoms with E-state index in [9.17, 15) is 0 Å². The van der Waals surface area contributed by atoms with Gasteiger partial charge in [-0.25, -0.2) is 4.98 Å². The molecule has 104 valence electrons. The van der Waals surface area contributed by atoms with Gasteiger partial charge in [0, 0.05) is 17.8 Å². The van der Waals surface area contributed by atoms with Gasteiger partial charge in [0.05, 0.1) is 0 Å². The van der Waals surface area contributed by atoms with Crippen LogP contribution in [0.15, 0.2) is 33.9 Å². The summed E-state index contributed by atoms with van der Waals surface area (Å²) in [4.78, 5) is 4.48. The molecule has 0 spiro atoms. The molecule has 0 aliphatic heterocycles. The number of nitrogens with one attached hydrogen (secondary N) is 1. The molecule has 3 nitrogen and oxygen atoms in total. The molecule has 1 aromatic heterocycles. The Balaban J connectivity index is 1.86. The summed E-state index contributed by atoms with van der Waals surface area (Å²) in [5, 5.41) is 4.76. The first-order valence-corrected chi connectivity index (χ1v) is 7.82. The summed E-state index contributed by atoms with van der Waals surface area (Å²) in [6.45, 7) is 7.63. The van der Waals surface area contributed by atoms with E-state index in [0.29, 0.717) is 11.3 Å². The topological polar surface area (TPSA) is 38.1 Å². The molecule has 1 aromatic carbocycles. The van der Waals surface area contributed by atoms with Gasteiger partial charge < -0.3 is 9.73 Å². The second kappa shape index (κ2) is 6.96. The SMILES string of the molecule is CCCC(C)NCC(C)Sc1nc2ccccc2o1. The molecule has 1 N–H and O–H groups in total. The predicted octanol–water partition coefficient (Wildman–Crippen LogP) is 4.09. The normalized spacial score (nSPS) is 14.7. The Morgan fingerprint density at radius 1 is 1.32 bits per heavy atom. The molecular weight excluding hydrogens is 256 g/mol. The highest BCUT2D eigenvalue weighted by Gasteiger charge is 2.11. The van der Waals surface area contributed by atoms with Crippen LogP contribution in [0.3, 0.4) is 0 Å². The highest BCUT2D eigenvalue weighted by Crippen LogP contribution is 2.26. The van der Waals surface area contributed by atoms with Crippen LogP contribution in [0.1, 0.15) is 33.6 Å². The fourth-order valence-electron chi connectivity index (χ4n) is 2.02. The Kier molecular flexibility index (Phi) is 5.28. The van der Waals surface area contributed by atoms with Crippen molar-refractivity contribution >= 4 is 22.9 Å². The summed E-state index contributed by atoms with van der Waals surface area (Å²) < 4.78 is 5.72. The van der Waals surface area contributed by atoms with Crippen LogP contribution < -0.4 is 5.32 Å². The third-order valence-corrected chi connectivity index (χ3v) is 4.00. The van der Waals surface area contributed by atoms with Gasteiger partial charge in [-0.05, 0) is 25.5 Å². The Bertz CT molecular complexity index is 479. The summed E-state index contributed by atoms with van der Waals surface area (Å²) in [6.07, 6.45) is 2.45. The van der Waals surface area contributed by atoms with Crippen LogP contribution in [0.2, 0.25) is 0 Å². The van der Waals surface area contributed by atoms with Gasteiger partial charge in [0.15, 0.2) is 5.58 Å². The summed E-state index contributed by atoms with van der Waals surface area (Å²) in [5.74, 6) is 0. The second-order valence-electron chi connectivity index (χ2n) is 4.97. The zero-order chi connectivity index (χ0) is 13.7. The van der Waals surface area contributed by atoms with Crippen molar-refractivity contribution in [2.45, 2.75) is 50.1 Å². The Hall–Kier alpha value is -1.00. The average molecular weight is 278 g/mol. The van der Waals surface area contributed by atoms with E-state index in [0.717, 1.165) is 22.9 Å². The molecule has 0 saturated heterocycles. The number of hydrogen-bond acceptors (Lipinski definition) is 4. The summed E-state index contributed by atoms with van der Waals surface area (Å²) in [7, 11) is 0. The maximum absolute atomic E-state index is 5.72. The second-order valence-corrected chi connectivity index (χ2v) is 6.36. The predicted molar refractivity (Wildman–Crippen MR) is 81.7 cm³/mol. The summed E-state index contributed by atoms with van der Waals surface area (Å²) in [6, 6.07) is 8.47. The Morgan fingerprint density at radius 2 is 2.11 bits per heavy atom. The fraction of sp³-hybridized carbons (Fsp3) is 0.533. The number of nitrogens with zero attached hydrogens (tertiary/aromatic N) is 1. The lowest BCUT2D eigenvalue weighted by molar-refractivity contribution is 0.484. The van der Waals surface area contributed by atoms with Crippen molar-refractivity contribution in [2.24, 2.45) is 0 Å². The van der Waals surface area contributed by atoms with Crippen molar-refractivity contribution in [1.29, 1.82) is 0 Å². The van der Waals surface area contributed by atoms with Crippen LogP contribution in [0.25, 0.3) is 11.1 Å². The van der Waals surface area contributed by atoms with E-state index in [2.05, 4.69) is 31.1 Å². The quantitative estimate of drug-likeness (QED) is 0.774. The largest absolute Gasteiger partial charge is 0.431 e. The molecular formula is C15H22N2OS. The molecule has 4 heteroatoms. The van der Waals surface area contributed by atoms with Gasteiger partial charge in [0.2, 0.25) is 0 Å². The maximum Gasteiger partial charge on any atom is 0.257 e. The maximum atomic E-state index is 5.72. The van der Waals surface area contributed by atoms with Gasteiger partial charge in [-0.2, -0.15) is 0 Å². The van der Waals surface area contributed by atoms with E-state index in [1.165, 1.54) is 12.8 Å². The van der Waals surface area contributed by atoms with E-state index in [-0.39, 0.29) is 0 Å². The number of hydrogen-bond donors (Lipinski definition) is 1. The van der Waals surface area contributed by atoms with Crippen molar-refractivity contribution in [1.82, 2.24) is 10.3 Å². The lowest BCUT2D eigenvalue weighted by atomic mass is 10.2. The van der Waals surface area contributed by atoms with Gasteiger partial charge in [-0.15, -0.1) is 0 Å². The Morgan fingerprint density at radius 3 is 2.84 bits per heavy atom. The smallest absolute Gasteiger partial charge is 0.257 e. The molecule has 0 aliphatic carbocycles. The molecule has 19 heavy (non-hydrogen) atoms. The van der Waals surface area contributed by atoms with Gasteiger partial charge in [0.25, 0.3) is 5.22 Å². The Labute approximate surface area is 119 Å². The monoisotopic (exact) mass is 278 g/mol. The molecule has 0 radical (unpaired) electrons. The lowest BCUT2D eigenvalue weighted by Gasteiger charge is -2.15. The van der Waals surface area contributed by atoms with E-state index in [1.54, 1.807) is 11.8 Å². The number of aromatic nitrogens is 1. The van der Waals surface area contributed by atoms with Crippen LogP contribution in [-0.4, -0.2) is 22.8 Å². The first kappa shape index (κ1) is 14.4. The van der Waals surface area contributed by atoms with E-state index in [1.807, 2.05) is 24.3 Å². The number of thioether (sulfide) groups is 1. The van der Waals surface area contributed by atoms with Gasteiger partial charge in [-0.3, -0.25) is 0 Å². The molecule has 0 aliphatic rings. The number of fused-ring (bicyclic) bond motifs is 1. The fourth-order valence-corrected chi connectivity index (χ4v) is 2.83. The van der Waals surface area contributed by atoms with Crippen LogP contribution in [-0.2, 0) is 0 Å². The van der Waals surface area contributed by atoms with Crippen molar-refractivity contribution in [3.63, 3.8) is 0 Å². The number of oxazole rings is 1. The van der Waals surface area contributed by atoms with Gasteiger partial charge >= 0.3 is 0 Å². The minimum Gasteiger partial charge on any atom is -0.431 e. The average Bonchev–Trinajstić information content (AvgIpc) is 2.78. The van der Waals surface area contributed by atoms with Crippen LogP contribution in [0.4, 0.5) is 0 Å². The first-order chi connectivity index (χ1) is 9.19. The van der Waals surface area contributed by atoms with Crippen LogP contribution in [0.5, 0.6) is 0 Å². The minimum absolute atomic E-state index is 0.451. The molecule has 2 unspecified atom stereocenters. The van der Waals surface area contributed by atoms with Crippen molar-refractivity contribution in [3.05, 3.63) is 24.3 Å². The number of benzene rings is 1. The zero-order valence-electron chi connectivity index (χ0n) is 11.8.